The third-order valence-corrected chi connectivity index (χ3v) is 5.01. The second-order valence-electron chi connectivity index (χ2n) is 4.11. The number of rotatable bonds is 4. The molecule has 1 aromatic rings. The van der Waals surface area contributed by atoms with Crippen LogP contribution in [0.1, 0.15) is 0 Å². The average Bonchev–Trinajstić information content (AvgIpc) is 2.42. The van der Waals surface area contributed by atoms with Crippen molar-refractivity contribution < 1.29 is 13.2 Å². The van der Waals surface area contributed by atoms with Crippen LogP contribution in [0.4, 0.5) is 5.69 Å². The first-order valence-electron chi connectivity index (χ1n) is 5.85. The predicted octanol–water partition coefficient (Wildman–Crippen LogP) is 1.02. The molecule has 8 heteroatoms. The van der Waals surface area contributed by atoms with E-state index in [9.17, 15) is 8.42 Å². The summed E-state index contributed by atoms with van der Waals surface area (Å²) in [5.41, 5.74) is 0.485. The minimum atomic E-state index is -3.50. The Morgan fingerprint density at radius 2 is 2.05 bits per heavy atom. The highest BCUT2D eigenvalue weighted by molar-refractivity contribution is 9.10. The highest BCUT2D eigenvalue weighted by atomic mass is 79.9. The van der Waals surface area contributed by atoms with Gasteiger partial charge in [0.05, 0.1) is 17.3 Å². The van der Waals surface area contributed by atoms with Gasteiger partial charge in [0.25, 0.3) is 0 Å². The quantitative estimate of drug-likeness (QED) is 0.851. The average molecular weight is 350 g/mol. The zero-order valence-corrected chi connectivity index (χ0v) is 12.9. The van der Waals surface area contributed by atoms with Gasteiger partial charge in [0.15, 0.2) is 0 Å². The lowest BCUT2D eigenvalue weighted by atomic mass is 10.3. The number of piperazine rings is 1. The molecule has 106 valence electrons. The lowest BCUT2D eigenvalue weighted by molar-refractivity contribution is 0.362. The summed E-state index contributed by atoms with van der Waals surface area (Å²) in [5.74, 6) is 0.584. The van der Waals surface area contributed by atoms with Crippen LogP contribution in [0.5, 0.6) is 5.75 Å². The molecule has 0 saturated carbocycles. The number of nitrogens with one attached hydrogen (secondary N) is 2. The van der Waals surface area contributed by atoms with Crippen LogP contribution >= 0.6 is 15.9 Å². The van der Waals surface area contributed by atoms with Crippen LogP contribution in [-0.2, 0) is 10.2 Å². The SMILES string of the molecule is COc1cc(NS(=O)(=O)N2CCNCC2)ccc1Br. The number of ether oxygens (including phenoxy) is 1. The number of hydrogen-bond donors (Lipinski definition) is 2. The van der Waals surface area contributed by atoms with Crippen LogP contribution in [0.25, 0.3) is 0 Å². The van der Waals surface area contributed by atoms with Gasteiger partial charge in [0.2, 0.25) is 0 Å². The van der Waals surface area contributed by atoms with Crippen molar-refractivity contribution in [3.8, 4) is 5.75 Å². The second kappa shape index (κ2) is 6.08. The number of halogens is 1. The molecule has 0 atom stereocenters. The fraction of sp³-hybridized carbons (Fsp3) is 0.455. The molecule has 2 N–H and O–H groups in total. The Morgan fingerprint density at radius 1 is 1.37 bits per heavy atom. The number of methoxy groups -OCH3 is 1. The Morgan fingerprint density at radius 3 is 2.68 bits per heavy atom. The molecule has 0 amide bonds. The fourth-order valence-electron chi connectivity index (χ4n) is 1.82. The van der Waals surface area contributed by atoms with E-state index in [4.69, 9.17) is 4.74 Å². The highest BCUT2D eigenvalue weighted by Gasteiger charge is 2.23. The lowest BCUT2D eigenvalue weighted by Crippen LogP contribution is -2.48. The van der Waals surface area contributed by atoms with Crippen LogP contribution in [0.3, 0.4) is 0 Å². The molecule has 0 unspecified atom stereocenters. The standard InChI is InChI=1S/C11H16BrN3O3S/c1-18-11-8-9(2-3-10(11)12)14-19(16,17)15-6-4-13-5-7-15/h2-3,8,13-14H,4-7H2,1H3. The van der Waals surface area contributed by atoms with Gasteiger partial charge in [-0.2, -0.15) is 12.7 Å². The van der Waals surface area contributed by atoms with E-state index in [-0.39, 0.29) is 0 Å². The van der Waals surface area contributed by atoms with Gasteiger partial charge in [-0.1, -0.05) is 0 Å². The van der Waals surface area contributed by atoms with E-state index in [2.05, 4.69) is 26.0 Å². The maximum atomic E-state index is 12.2. The minimum Gasteiger partial charge on any atom is -0.495 e. The van der Waals surface area contributed by atoms with Crippen molar-refractivity contribution in [2.24, 2.45) is 0 Å². The summed E-state index contributed by atoms with van der Waals surface area (Å²) in [7, 11) is -1.97. The molecular weight excluding hydrogens is 334 g/mol. The smallest absolute Gasteiger partial charge is 0.301 e. The van der Waals surface area contributed by atoms with Crippen LogP contribution in [0, 0.1) is 0 Å². The van der Waals surface area contributed by atoms with E-state index in [0.717, 1.165) is 4.47 Å². The number of hydrogen-bond acceptors (Lipinski definition) is 4. The minimum absolute atomic E-state index is 0.475. The van der Waals surface area contributed by atoms with Crippen molar-refractivity contribution in [1.29, 1.82) is 0 Å². The van der Waals surface area contributed by atoms with Gasteiger partial charge >= 0.3 is 10.2 Å². The van der Waals surface area contributed by atoms with Gasteiger partial charge in [0, 0.05) is 32.2 Å². The Bertz CT molecular complexity index is 544. The topological polar surface area (TPSA) is 70.7 Å². The van der Waals surface area contributed by atoms with Crippen LogP contribution < -0.4 is 14.8 Å². The molecule has 1 saturated heterocycles. The number of benzene rings is 1. The molecule has 1 fully saturated rings. The summed E-state index contributed by atoms with van der Waals surface area (Å²) in [6.07, 6.45) is 0. The molecule has 6 nitrogen and oxygen atoms in total. The zero-order chi connectivity index (χ0) is 13.9. The van der Waals surface area contributed by atoms with E-state index >= 15 is 0 Å². The molecule has 0 radical (unpaired) electrons. The van der Waals surface area contributed by atoms with Gasteiger partial charge in [-0.15, -0.1) is 0 Å². The molecule has 0 aromatic heterocycles. The molecule has 19 heavy (non-hydrogen) atoms. The van der Waals surface area contributed by atoms with Crippen molar-refractivity contribution >= 4 is 31.8 Å². The molecule has 0 spiro atoms. The van der Waals surface area contributed by atoms with E-state index in [1.54, 1.807) is 18.2 Å². The first kappa shape index (κ1) is 14.6. The van der Waals surface area contributed by atoms with Crippen LogP contribution in [-0.4, -0.2) is 46.0 Å². The fourth-order valence-corrected chi connectivity index (χ4v) is 3.45. The maximum absolute atomic E-state index is 12.2. The largest absolute Gasteiger partial charge is 0.495 e. The van der Waals surface area contributed by atoms with E-state index in [1.165, 1.54) is 11.4 Å². The zero-order valence-electron chi connectivity index (χ0n) is 10.5. The van der Waals surface area contributed by atoms with Gasteiger partial charge in [0.1, 0.15) is 5.75 Å². The third-order valence-electron chi connectivity index (χ3n) is 2.81. The van der Waals surface area contributed by atoms with Crippen LogP contribution in [0.2, 0.25) is 0 Å². The maximum Gasteiger partial charge on any atom is 0.301 e. The number of nitrogens with zero attached hydrogens (tertiary/aromatic N) is 1. The summed E-state index contributed by atoms with van der Waals surface area (Å²) < 4.78 is 34.3. The molecule has 2 rings (SSSR count). The summed E-state index contributed by atoms with van der Waals surface area (Å²) in [5, 5.41) is 3.12. The Hall–Kier alpha value is -0.830. The summed E-state index contributed by atoms with van der Waals surface area (Å²) in [6, 6.07) is 5.07. The van der Waals surface area contributed by atoms with Crippen LogP contribution in [0.15, 0.2) is 22.7 Å². The molecule has 1 aliphatic heterocycles. The van der Waals surface area contributed by atoms with Crippen molar-refractivity contribution in [2.75, 3.05) is 38.0 Å². The van der Waals surface area contributed by atoms with Gasteiger partial charge in [-0.05, 0) is 28.1 Å². The van der Waals surface area contributed by atoms with E-state index in [0.29, 0.717) is 37.6 Å². The summed E-state index contributed by atoms with van der Waals surface area (Å²) in [6.45, 7) is 2.29. The van der Waals surface area contributed by atoms with Crippen molar-refractivity contribution in [3.05, 3.63) is 22.7 Å². The molecular formula is C11H16BrN3O3S. The molecule has 0 aliphatic carbocycles. The Labute approximate surface area is 121 Å². The van der Waals surface area contributed by atoms with E-state index in [1.807, 2.05) is 0 Å². The first-order chi connectivity index (χ1) is 9.03. The van der Waals surface area contributed by atoms with Gasteiger partial charge in [-0.3, -0.25) is 4.72 Å². The molecule has 1 heterocycles. The second-order valence-corrected chi connectivity index (χ2v) is 6.63. The first-order valence-corrected chi connectivity index (χ1v) is 8.08. The predicted molar refractivity (Wildman–Crippen MR) is 77.7 cm³/mol. The van der Waals surface area contributed by atoms with Crippen molar-refractivity contribution in [3.63, 3.8) is 0 Å². The summed E-state index contributed by atoms with van der Waals surface area (Å²) in [4.78, 5) is 0. The normalized spacial score (nSPS) is 17.2. The molecule has 1 aliphatic rings. The number of anilines is 1. The van der Waals surface area contributed by atoms with Gasteiger partial charge in [-0.25, -0.2) is 0 Å². The Balaban J connectivity index is 2.15. The lowest BCUT2D eigenvalue weighted by Gasteiger charge is -2.26. The van der Waals surface area contributed by atoms with E-state index < -0.39 is 10.2 Å². The summed E-state index contributed by atoms with van der Waals surface area (Å²) >= 11 is 3.33. The molecule has 1 aromatic carbocycles. The monoisotopic (exact) mass is 349 g/mol. The van der Waals surface area contributed by atoms with Crippen molar-refractivity contribution in [1.82, 2.24) is 9.62 Å². The highest BCUT2D eigenvalue weighted by Crippen LogP contribution is 2.28. The van der Waals surface area contributed by atoms with Crippen molar-refractivity contribution in [2.45, 2.75) is 0 Å². The Kier molecular flexibility index (Phi) is 4.67. The van der Waals surface area contributed by atoms with Gasteiger partial charge < -0.3 is 10.1 Å². The molecule has 0 bridgehead atoms. The third kappa shape index (κ3) is 3.59.